The molecule has 0 atom stereocenters. The monoisotopic (exact) mass is 221 g/mol. The first-order chi connectivity index (χ1) is 7.40. The minimum Gasteiger partial charge on any atom is -0.398 e. The Morgan fingerprint density at radius 2 is 1.94 bits per heavy atom. The highest BCUT2D eigenvalue weighted by atomic mass is 19.1. The van der Waals surface area contributed by atoms with Crippen LogP contribution in [0, 0.1) is 0 Å². The highest BCUT2D eigenvalue weighted by Gasteiger charge is 2.18. The highest BCUT2D eigenvalue weighted by Crippen LogP contribution is 2.31. The van der Waals surface area contributed by atoms with Crippen molar-refractivity contribution in [2.75, 3.05) is 5.73 Å². The minimum atomic E-state index is -0.478. The van der Waals surface area contributed by atoms with Crippen LogP contribution in [-0.2, 0) is 12.1 Å². The van der Waals surface area contributed by atoms with E-state index < -0.39 is 6.67 Å². The number of nitrogen functional groups attached to an aromatic ring is 1. The van der Waals surface area contributed by atoms with Gasteiger partial charge in [0.05, 0.1) is 0 Å². The third-order valence-corrected chi connectivity index (χ3v) is 2.61. The molecule has 2 heteroatoms. The number of halogens is 1. The maximum absolute atomic E-state index is 12.8. The van der Waals surface area contributed by atoms with Gasteiger partial charge in [0.2, 0.25) is 0 Å². The van der Waals surface area contributed by atoms with Crippen LogP contribution in [0.25, 0.3) is 6.08 Å². The standard InChI is InChI=1S/C14H20FN/c1-5-6-10-7-12(14(2,3)4)13(16)8-11(10)9-15/h5-8H,9,16H2,1-4H3/b6-5-. The van der Waals surface area contributed by atoms with Gasteiger partial charge < -0.3 is 5.73 Å². The van der Waals surface area contributed by atoms with Crippen LogP contribution in [0.4, 0.5) is 10.1 Å². The largest absolute Gasteiger partial charge is 0.398 e. The van der Waals surface area contributed by atoms with E-state index in [0.29, 0.717) is 11.3 Å². The second kappa shape index (κ2) is 4.69. The zero-order chi connectivity index (χ0) is 12.3. The van der Waals surface area contributed by atoms with Crippen molar-refractivity contribution in [1.29, 1.82) is 0 Å². The first-order valence-electron chi connectivity index (χ1n) is 5.51. The lowest BCUT2D eigenvalue weighted by Gasteiger charge is -2.22. The molecule has 0 aliphatic rings. The average molecular weight is 221 g/mol. The fourth-order valence-electron chi connectivity index (χ4n) is 1.78. The summed E-state index contributed by atoms with van der Waals surface area (Å²) < 4.78 is 12.8. The van der Waals surface area contributed by atoms with Crippen molar-refractivity contribution in [1.82, 2.24) is 0 Å². The molecule has 0 aromatic heterocycles. The number of rotatable bonds is 2. The van der Waals surface area contributed by atoms with Crippen LogP contribution in [0.3, 0.4) is 0 Å². The van der Waals surface area contributed by atoms with Gasteiger partial charge in [-0.3, -0.25) is 0 Å². The fourth-order valence-corrected chi connectivity index (χ4v) is 1.78. The van der Waals surface area contributed by atoms with Crippen molar-refractivity contribution >= 4 is 11.8 Å². The molecular weight excluding hydrogens is 201 g/mol. The Labute approximate surface area is 97.2 Å². The van der Waals surface area contributed by atoms with E-state index in [0.717, 1.165) is 11.1 Å². The van der Waals surface area contributed by atoms with Crippen LogP contribution in [-0.4, -0.2) is 0 Å². The number of alkyl halides is 1. The van der Waals surface area contributed by atoms with Gasteiger partial charge in [0, 0.05) is 5.69 Å². The number of benzene rings is 1. The molecule has 0 radical (unpaired) electrons. The first-order valence-corrected chi connectivity index (χ1v) is 5.51. The van der Waals surface area contributed by atoms with Crippen molar-refractivity contribution in [3.8, 4) is 0 Å². The van der Waals surface area contributed by atoms with Crippen LogP contribution < -0.4 is 5.73 Å². The van der Waals surface area contributed by atoms with Crippen molar-refractivity contribution in [2.24, 2.45) is 0 Å². The van der Waals surface area contributed by atoms with E-state index in [2.05, 4.69) is 20.8 Å². The molecule has 0 bridgehead atoms. The van der Waals surface area contributed by atoms with Crippen LogP contribution >= 0.6 is 0 Å². The third kappa shape index (κ3) is 2.63. The Morgan fingerprint density at radius 1 is 1.31 bits per heavy atom. The van der Waals surface area contributed by atoms with Gasteiger partial charge in [-0.15, -0.1) is 0 Å². The van der Waals surface area contributed by atoms with Gasteiger partial charge >= 0.3 is 0 Å². The maximum atomic E-state index is 12.8. The van der Waals surface area contributed by atoms with E-state index in [1.807, 2.05) is 25.1 Å². The summed E-state index contributed by atoms with van der Waals surface area (Å²) in [5.41, 5.74) is 9.26. The summed E-state index contributed by atoms with van der Waals surface area (Å²) in [5, 5.41) is 0. The predicted octanol–water partition coefficient (Wildman–Crippen LogP) is 4.07. The van der Waals surface area contributed by atoms with Crippen molar-refractivity contribution < 1.29 is 4.39 Å². The molecular formula is C14H20FN. The molecule has 0 saturated carbocycles. The molecule has 0 aliphatic carbocycles. The topological polar surface area (TPSA) is 26.0 Å². The number of anilines is 1. The van der Waals surface area contributed by atoms with Gasteiger partial charge in [0.25, 0.3) is 0 Å². The molecule has 0 spiro atoms. The molecule has 1 nitrogen and oxygen atoms in total. The van der Waals surface area contributed by atoms with Gasteiger partial charge in [-0.25, -0.2) is 4.39 Å². The smallest absolute Gasteiger partial charge is 0.115 e. The van der Waals surface area contributed by atoms with E-state index in [-0.39, 0.29) is 5.41 Å². The Kier molecular flexibility index (Phi) is 3.74. The number of allylic oxidation sites excluding steroid dienone is 1. The quantitative estimate of drug-likeness (QED) is 0.748. The molecule has 2 N–H and O–H groups in total. The molecule has 0 aliphatic heterocycles. The van der Waals surface area contributed by atoms with Crippen LogP contribution in [0.5, 0.6) is 0 Å². The molecule has 88 valence electrons. The number of nitrogens with two attached hydrogens (primary N) is 1. The van der Waals surface area contributed by atoms with Gasteiger partial charge in [-0.05, 0) is 41.2 Å². The van der Waals surface area contributed by atoms with E-state index in [4.69, 9.17) is 5.73 Å². The van der Waals surface area contributed by atoms with Gasteiger partial charge in [-0.1, -0.05) is 32.9 Å². The first kappa shape index (κ1) is 12.8. The van der Waals surface area contributed by atoms with Crippen LogP contribution in [0.15, 0.2) is 18.2 Å². The van der Waals surface area contributed by atoms with E-state index >= 15 is 0 Å². The number of hydrogen-bond acceptors (Lipinski definition) is 1. The van der Waals surface area contributed by atoms with E-state index in [9.17, 15) is 4.39 Å². The molecule has 1 aromatic rings. The Bertz CT molecular complexity index is 400. The summed E-state index contributed by atoms with van der Waals surface area (Å²) in [7, 11) is 0. The summed E-state index contributed by atoms with van der Waals surface area (Å²) >= 11 is 0. The molecule has 0 fully saturated rings. The second-order valence-electron chi connectivity index (χ2n) is 5.02. The van der Waals surface area contributed by atoms with Gasteiger partial charge in [0.15, 0.2) is 0 Å². The van der Waals surface area contributed by atoms with Crippen LogP contribution in [0.2, 0.25) is 0 Å². The predicted molar refractivity (Wildman–Crippen MR) is 69.1 cm³/mol. The lowest BCUT2D eigenvalue weighted by Crippen LogP contribution is -2.14. The van der Waals surface area contributed by atoms with E-state index in [1.165, 1.54) is 0 Å². The Balaban J connectivity index is 3.39. The van der Waals surface area contributed by atoms with Gasteiger partial charge in [-0.2, -0.15) is 0 Å². The lowest BCUT2D eigenvalue weighted by atomic mass is 9.84. The maximum Gasteiger partial charge on any atom is 0.115 e. The Morgan fingerprint density at radius 3 is 2.38 bits per heavy atom. The normalized spacial score (nSPS) is 12.3. The minimum absolute atomic E-state index is 0.0186. The second-order valence-corrected chi connectivity index (χ2v) is 5.02. The molecule has 1 aromatic carbocycles. The molecule has 1 rings (SSSR count). The molecule has 0 unspecified atom stereocenters. The van der Waals surface area contributed by atoms with Crippen molar-refractivity contribution in [3.63, 3.8) is 0 Å². The summed E-state index contributed by atoms with van der Waals surface area (Å²) in [6.45, 7) is 7.76. The SMILES string of the molecule is C/C=C\c1cc(C(C)(C)C)c(N)cc1CF. The van der Waals surface area contributed by atoms with Gasteiger partial charge in [0.1, 0.15) is 6.67 Å². The van der Waals surface area contributed by atoms with E-state index in [1.54, 1.807) is 6.07 Å². The summed E-state index contributed by atoms with van der Waals surface area (Å²) in [4.78, 5) is 0. The molecule has 0 amide bonds. The zero-order valence-corrected chi connectivity index (χ0v) is 10.5. The number of hydrogen-bond donors (Lipinski definition) is 1. The fraction of sp³-hybridized carbons (Fsp3) is 0.429. The lowest BCUT2D eigenvalue weighted by molar-refractivity contribution is 0.484. The zero-order valence-electron chi connectivity index (χ0n) is 10.5. The summed E-state index contributed by atoms with van der Waals surface area (Å²) in [6, 6.07) is 3.74. The molecule has 0 heterocycles. The molecule has 16 heavy (non-hydrogen) atoms. The highest BCUT2D eigenvalue weighted by molar-refractivity contribution is 5.63. The van der Waals surface area contributed by atoms with Crippen molar-refractivity contribution in [2.45, 2.75) is 39.8 Å². The summed E-state index contributed by atoms with van der Waals surface area (Å²) in [6.07, 6.45) is 3.83. The van der Waals surface area contributed by atoms with Crippen LogP contribution in [0.1, 0.15) is 44.4 Å². The Hall–Kier alpha value is -1.31. The molecule has 0 saturated heterocycles. The average Bonchev–Trinajstić information content (AvgIpc) is 2.18. The van der Waals surface area contributed by atoms with Crippen molar-refractivity contribution in [3.05, 3.63) is 34.9 Å². The third-order valence-electron chi connectivity index (χ3n) is 2.61. The summed E-state index contributed by atoms with van der Waals surface area (Å²) in [5.74, 6) is 0.